The van der Waals surface area contributed by atoms with Crippen molar-refractivity contribution < 1.29 is 19.4 Å². The second-order valence-corrected chi connectivity index (χ2v) is 5.62. The molecule has 18 heavy (non-hydrogen) atoms. The molecule has 0 bridgehead atoms. The van der Waals surface area contributed by atoms with Gasteiger partial charge in [-0.15, -0.1) is 0 Å². The van der Waals surface area contributed by atoms with E-state index in [1.54, 1.807) is 0 Å². The Labute approximate surface area is 108 Å². The molecule has 0 amide bonds. The SMILES string of the molecule is CC1(OCC(=O)O)CN(CCCC2CCCO2)C1. The Kier molecular flexibility index (Phi) is 4.59. The smallest absolute Gasteiger partial charge is 0.329 e. The third-order valence-electron chi connectivity index (χ3n) is 3.68. The van der Waals surface area contributed by atoms with Gasteiger partial charge in [-0.1, -0.05) is 0 Å². The summed E-state index contributed by atoms with van der Waals surface area (Å²) < 4.78 is 11.0. The molecule has 5 heteroatoms. The molecule has 0 saturated carbocycles. The molecule has 0 aromatic carbocycles. The van der Waals surface area contributed by atoms with Crippen molar-refractivity contribution in [2.24, 2.45) is 0 Å². The molecule has 5 nitrogen and oxygen atoms in total. The summed E-state index contributed by atoms with van der Waals surface area (Å²) in [6, 6.07) is 0. The van der Waals surface area contributed by atoms with E-state index >= 15 is 0 Å². The Morgan fingerprint density at radius 2 is 2.33 bits per heavy atom. The number of nitrogens with zero attached hydrogens (tertiary/aromatic N) is 1. The second kappa shape index (κ2) is 5.99. The van der Waals surface area contributed by atoms with Crippen LogP contribution in [0.2, 0.25) is 0 Å². The standard InChI is InChI=1S/C13H23NO4/c1-13(18-8-12(15)16)9-14(10-13)6-2-4-11-5-3-7-17-11/h11H,2-10H2,1H3,(H,15,16). The van der Waals surface area contributed by atoms with Gasteiger partial charge in [0.05, 0.1) is 11.7 Å². The van der Waals surface area contributed by atoms with Gasteiger partial charge in [-0.05, 0) is 39.2 Å². The molecule has 1 N–H and O–H groups in total. The number of hydrogen-bond acceptors (Lipinski definition) is 4. The van der Waals surface area contributed by atoms with E-state index in [2.05, 4.69) is 4.90 Å². The summed E-state index contributed by atoms with van der Waals surface area (Å²) in [5.74, 6) is -0.895. The number of carboxylic acid groups (broad SMARTS) is 1. The van der Waals surface area contributed by atoms with Gasteiger partial charge in [0.25, 0.3) is 0 Å². The number of aliphatic carboxylic acids is 1. The highest BCUT2D eigenvalue weighted by Gasteiger charge is 2.39. The number of likely N-dealkylation sites (tertiary alicyclic amines) is 1. The van der Waals surface area contributed by atoms with Crippen LogP contribution < -0.4 is 0 Å². The molecule has 1 atom stereocenters. The van der Waals surface area contributed by atoms with Crippen molar-refractivity contribution in [1.82, 2.24) is 4.90 Å². The average molecular weight is 257 g/mol. The second-order valence-electron chi connectivity index (χ2n) is 5.62. The first-order chi connectivity index (χ1) is 8.57. The molecule has 104 valence electrons. The van der Waals surface area contributed by atoms with E-state index in [1.165, 1.54) is 12.8 Å². The zero-order valence-corrected chi connectivity index (χ0v) is 11.1. The van der Waals surface area contributed by atoms with Gasteiger partial charge in [0, 0.05) is 19.7 Å². The molecule has 2 fully saturated rings. The Morgan fingerprint density at radius 1 is 1.56 bits per heavy atom. The zero-order chi connectivity index (χ0) is 13.0. The predicted molar refractivity (Wildman–Crippen MR) is 66.6 cm³/mol. The van der Waals surface area contributed by atoms with Crippen LogP contribution in [0.5, 0.6) is 0 Å². The van der Waals surface area contributed by atoms with Crippen LogP contribution in [0.3, 0.4) is 0 Å². The maximum atomic E-state index is 10.4. The molecular formula is C13H23NO4. The highest BCUT2D eigenvalue weighted by atomic mass is 16.5. The van der Waals surface area contributed by atoms with Gasteiger partial charge in [0.1, 0.15) is 6.61 Å². The quantitative estimate of drug-likeness (QED) is 0.740. The summed E-state index contributed by atoms with van der Waals surface area (Å²) in [7, 11) is 0. The van der Waals surface area contributed by atoms with Gasteiger partial charge in [0.15, 0.2) is 0 Å². The lowest BCUT2D eigenvalue weighted by atomic mass is 9.96. The molecule has 2 rings (SSSR count). The number of carboxylic acids is 1. The van der Waals surface area contributed by atoms with Crippen LogP contribution in [0.25, 0.3) is 0 Å². The van der Waals surface area contributed by atoms with Crippen molar-refractivity contribution in [3.63, 3.8) is 0 Å². The van der Waals surface area contributed by atoms with E-state index in [1.807, 2.05) is 6.92 Å². The first-order valence-corrected chi connectivity index (χ1v) is 6.77. The lowest BCUT2D eigenvalue weighted by Gasteiger charge is -2.47. The van der Waals surface area contributed by atoms with Crippen molar-refractivity contribution >= 4 is 5.97 Å². The summed E-state index contributed by atoms with van der Waals surface area (Å²) in [4.78, 5) is 12.8. The molecule has 0 spiro atoms. The van der Waals surface area contributed by atoms with Crippen LogP contribution in [0.1, 0.15) is 32.6 Å². The molecular weight excluding hydrogens is 234 g/mol. The van der Waals surface area contributed by atoms with Gasteiger partial charge in [-0.3, -0.25) is 4.90 Å². The normalized spacial score (nSPS) is 27.1. The van der Waals surface area contributed by atoms with Gasteiger partial charge in [-0.25, -0.2) is 4.79 Å². The Morgan fingerprint density at radius 3 is 2.94 bits per heavy atom. The predicted octanol–water partition coefficient (Wildman–Crippen LogP) is 1.12. The monoisotopic (exact) mass is 257 g/mol. The fraction of sp³-hybridized carbons (Fsp3) is 0.923. The maximum Gasteiger partial charge on any atom is 0.329 e. The molecule has 0 aromatic heterocycles. The molecule has 0 aromatic rings. The minimum atomic E-state index is -0.895. The topological polar surface area (TPSA) is 59.0 Å². The summed E-state index contributed by atoms with van der Waals surface area (Å²) in [5.41, 5.74) is -0.262. The third kappa shape index (κ3) is 3.93. The summed E-state index contributed by atoms with van der Waals surface area (Å²) in [5, 5.41) is 8.57. The van der Waals surface area contributed by atoms with Crippen molar-refractivity contribution in [1.29, 1.82) is 0 Å². The van der Waals surface area contributed by atoms with Crippen molar-refractivity contribution in [2.45, 2.75) is 44.3 Å². The summed E-state index contributed by atoms with van der Waals surface area (Å²) in [6.45, 7) is 5.45. The fourth-order valence-electron chi connectivity index (χ4n) is 2.80. The molecule has 2 aliphatic heterocycles. The highest BCUT2D eigenvalue weighted by Crippen LogP contribution is 2.25. The minimum absolute atomic E-state index is 0.194. The molecule has 0 radical (unpaired) electrons. The van der Waals surface area contributed by atoms with E-state index < -0.39 is 5.97 Å². The number of rotatable bonds is 7. The minimum Gasteiger partial charge on any atom is -0.480 e. The average Bonchev–Trinajstić information content (AvgIpc) is 2.77. The van der Waals surface area contributed by atoms with E-state index in [0.29, 0.717) is 6.10 Å². The fourth-order valence-corrected chi connectivity index (χ4v) is 2.80. The Bertz CT molecular complexity index is 283. The number of ether oxygens (including phenoxy) is 2. The molecule has 2 aliphatic rings. The molecule has 1 unspecified atom stereocenters. The van der Waals surface area contributed by atoms with Crippen LogP contribution in [0.15, 0.2) is 0 Å². The Hall–Kier alpha value is -0.650. The first-order valence-electron chi connectivity index (χ1n) is 6.77. The lowest BCUT2D eigenvalue weighted by Crippen LogP contribution is -2.61. The lowest BCUT2D eigenvalue weighted by molar-refractivity contribution is -0.164. The summed E-state index contributed by atoms with van der Waals surface area (Å²) >= 11 is 0. The van der Waals surface area contributed by atoms with Crippen molar-refractivity contribution in [3.8, 4) is 0 Å². The van der Waals surface area contributed by atoms with Gasteiger partial charge < -0.3 is 14.6 Å². The van der Waals surface area contributed by atoms with E-state index in [4.69, 9.17) is 14.6 Å². The van der Waals surface area contributed by atoms with Crippen LogP contribution in [-0.4, -0.2) is 60.5 Å². The largest absolute Gasteiger partial charge is 0.480 e. The molecule has 2 heterocycles. The van der Waals surface area contributed by atoms with Crippen molar-refractivity contribution in [2.75, 3.05) is 32.8 Å². The van der Waals surface area contributed by atoms with Crippen LogP contribution in [0.4, 0.5) is 0 Å². The van der Waals surface area contributed by atoms with Crippen LogP contribution in [0, 0.1) is 0 Å². The number of carbonyl (C=O) groups is 1. The van der Waals surface area contributed by atoms with Crippen LogP contribution in [-0.2, 0) is 14.3 Å². The zero-order valence-electron chi connectivity index (χ0n) is 11.1. The third-order valence-corrected chi connectivity index (χ3v) is 3.68. The summed E-state index contributed by atoms with van der Waals surface area (Å²) in [6.07, 6.45) is 5.18. The van der Waals surface area contributed by atoms with Crippen molar-refractivity contribution in [3.05, 3.63) is 0 Å². The van der Waals surface area contributed by atoms with E-state index in [0.717, 1.165) is 39.1 Å². The Balaban J connectivity index is 1.53. The van der Waals surface area contributed by atoms with Crippen LogP contribution >= 0.6 is 0 Å². The molecule has 0 aliphatic carbocycles. The van der Waals surface area contributed by atoms with Gasteiger partial charge >= 0.3 is 5.97 Å². The van der Waals surface area contributed by atoms with E-state index in [9.17, 15) is 4.79 Å². The van der Waals surface area contributed by atoms with E-state index in [-0.39, 0.29) is 12.2 Å². The maximum absolute atomic E-state index is 10.4. The number of hydrogen-bond donors (Lipinski definition) is 1. The van der Waals surface area contributed by atoms with Gasteiger partial charge in [-0.2, -0.15) is 0 Å². The first kappa shape index (κ1) is 13.8. The molecule has 2 saturated heterocycles. The highest BCUT2D eigenvalue weighted by molar-refractivity contribution is 5.68. The van der Waals surface area contributed by atoms with Gasteiger partial charge in [0.2, 0.25) is 0 Å².